The van der Waals surface area contributed by atoms with Gasteiger partial charge in [-0.2, -0.15) is 5.10 Å². The zero-order valence-corrected chi connectivity index (χ0v) is 12.3. The van der Waals surface area contributed by atoms with E-state index < -0.39 is 5.92 Å². The second-order valence-corrected chi connectivity index (χ2v) is 5.79. The number of nitrogens with zero attached hydrogens (tertiary/aromatic N) is 2. The summed E-state index contributed by atoms with van der Waals surface area (Å²) in [7, 11) is 0. The highest BCUT2D eigenvalue weighted by Gasteiger charge is 2.35. The topological polar surface area (TPSA) is 49.7 Å². The number of carbonyl (C=O) groups excluding carboxylic acids is 2. The van der Waals surface area contributed by atoms with E-state index in [1.165, 1.54) is 23.3 Å². The summed E-state index contributed by atoms with van der Waals surface area (Å²) in [5.74, 6) is -0.517. The molecule has 4 nitrogen and oxygen atoms in total. The summed E-state index contributed by atoms with van der Waals surface area (Å²) in [6, 6.07) is 13.2. The van der Waals surface area contributed by atoms with Crippen molar-refractivity contribution in [2.24, 2.45) is 11.0 Å². The van der Waals surface area contributed by atoms with Gasteiger partial charge in [-0.15, -0.1) is 11.3 Å². The van der Waals surface area contributed by atoms with E-state index in [0.717, 1.165) is 5.56 Å². The van der Waals surface area contributed by atoms with Crippen molar-refractivity contribution in [3.05, 3.63) is 58.3 Å². The molecule has 1 unspecified atom stereocenters. The van der Waals surface area contributed by atoms with Crippen molar-refractivity contribution < 1.29 is 9.59 Å². The summed E-state index contributed by atoms with van der Waals surface area (Å²) in [6.45, 7) is 1.78. The van der Waals surface area contributed by atoms with Gasteiger partial charge in [0.05, 0.1) is 23.1 Å². The Labute approximate surface area is 126 Å². The number of benzene rings is 1. The van der Waals surface area contributed by atoms with E-state index >= 15 is 0 Å². The van der Waals surface area contributed by atoms with E-state index in [-0.39, 0.29) is 11.7 Å². The number of Topliss-reactive ketones (excluding diaryl/α,β-unsaturated/α-hetero) is 1. The van der Waals surface area contributed by atoms with Crippen LogP contribution in [-0.2, 0) is 4.79 Å². The lowest BCUT2D eigenvalue weighted by Crippen LogP contribution is -2.29. The molecule has 0 bridgehead atoms. The first-order valence-corrected chi connectivity index (χ1v) is 7.54. The lowest BCUT2D eigenvalue weighted by atomic mass is 9.93. The second kappa shape index (κ2) is 5.61. The largest absolute Gasteiger partial charge is 0.292 e. The van der Waals surface area contributed by atoms with Crippen molar-refractivity contribution in [2.75, 3.05) is 6.54 Å². The average Bonchev–Trinajstić information content (AvgIpc) is 3.17. The van der Waals surface area contributed by atoms with E-state index in [9.17, 15) is 9.59 Å². The van der Waals surface area contributed by atoms with Crippen molar-refractivity contribution in [2.45, 2.75) is 6.92 Å². The Kier molecular flexibility index (Phi) is 3.66. The molecule has 0 fully saturated rings. The van der Waals surface area contributed by atoms with Crippen LogP contribution in [-0.4, -0.2) is 29.0 Å². The monoisotopic (exact) mass is 298 g/mol. The standard InChI is InChI=1S/C16H14N2O2S/c1-11(19)18-10-13(16(20)14-8-5-9-21-14)15(17-18)12-6-3-2-4-7-12/h2-9,13H,10H2,1H3. The zero-order chi connectivity index (χ0) is 14.8. The highest BCUT2D eigenvalue weighted by atomic mass is 32.1. The van der Waals surface area contributed by atoms with Crippen LogP contribution < -0.4 is 0 Å². The Hall–Kier alpha value is -2.27. The maximum atomic E-state index is 12.7. The molecule has 1 aliphatic rings. The minimum atomic E-state index is -0.394. The molecule has 1 amide bonds. The van der Waals surface area contributed by atoms with E-state index in [1.54, 1.807) is 0 Å². The molecule has 1 aliphatic heterocycles. The van der Waals surface area contributed by atoms with Crippen molar-refractivity contribution in [1.29, 1.82) is 0 Å². The second-order valence-electron chi connectivity index (χ2n) is 4.85. The molecule has 2 heterocycles. The Morgan fingerprint density at radius 3 is 2.57 bits per heavy atom. The molecule has 1 atom stereocenters. The third kappa shape index (κ3) is 2.64. The molecule has 3 rings (SSSR count). The summed E-state index contributed by atoms with van der Waals surface area (Å²) in [5, 5.41) is 7.61. The van der Waals surface area contributed by atoms with Gasteiger partial charge in [0, 0.05) is 6.92 Å². The number of amides is 1. The Morgan fingerprint density at radius 1 is 1.19 bits per heavy atom. The molecule has 0 spiro atoms. The normalized spacial score (nSPS) is 17.7. The molecule has 0 saturated carbocycles. The van der Waals surface area contributed by atoms with Crippen LogP contribution in [0.2, 0.25) is 0 Å². The van der Waals surface area contributed by atoms with Crippen LogP contribution in [0.25, 0.3) is 0 Å². The number of rotatable bonds is 3. The first kappa shape index (κ1) is 13.7. The first-order chi connectivity index (χ1) is 10.2. The van der Waals surface area contributed by atoms with E-state index in [4.69, 9.17) is 0 Å². The van der Waals surface area contributed by atoms with Gasteiger partial charge in [0.25, 0.3) is 0 Å². The van der Waals surface area contributed by atoms with Crippen LogP contribution in [0.5, 0.6) is 0 Å². The lowest BCUT2D eigenvalue weighted by molar-refractivity contribution is -0.128. The highest BCUT2D eigenvalue weighted by Crippen LogP contribution is 2.25. The molecule has 21 heavy (non-hydrogen) atoms. The number of carbonyl (C=O) groups is 2. The summed E-state index contributed by atoms with van der Waals surface area (Å²) < 4.78 is 0. The van der Waals surface area contributed by atoms with Gasteiger partial charge in [-0.05, 0) is 17.0 Å². The molecule has 5 heteroatoms. The molecule has 106 valence electrons. The summed E-state index contributed by atoms with van der Waals surface area (Å²) in [5.41, 5.74) is 1.56. The van der Waals surface area contributed by atoms with Crippen LogP contribution in [0.15, 0.2) is 52.9 Å². The van der Waals surface area contributed by atoms with Crippen molar-refractivity contribution >= 4 is 28.7 Å². The van der Waals surface area contributed by atoms with Crippen LogP contribution in [0.3, 0.4) is 0 Å². The smallest absolute Gasteiger partial charge is 0.239 e. The zero-order valence-electron chi connectivity index (χ0n) is 11.5. The molecule has 0 saturated heterocycles. The molecule has 1 aromatic heterocycles. The third-order valence-electron chi connectivity index (χ3n) is 3.43. The van der Waals surface area contributed by atoms with Gasteiger partial charge in [-0.3, -0.25) is 9.59 Å². The number of thiophene rings is 1. The van der Waals surface area contributed by atoms with Gasteiger partial charge < -0.3 is 0 Å². The summed E-state index contributed by atoms with van der Waals surface area (Å²) in [4.78, 5) is 24.9. The van der Waals surface area contributed by atoms with Gasteiger partial charge in [0.2, 0.25) is 5.91 Å². The van der Waals surface area contributed by atoms with Gasteiger partial charge in [0.1, 0.15) is 0 Å². The number of hydrogen-bond donors (Lipinski definition) is 0. The fourth-order valence-electron chi connectivity index (χ4n) is 2.36. The average molecular weight is 298 g/mol. The van der Waals surface area contributed by atoms with Gasteiger partial charge in [-0.25, -0.2) is 5.01 Å². The molecule has 0 aliphatic carbocycles. The van der Waals surface area contributed by atoms with Crippen molar-refractivity contribution in [3.63, 3.8) is 0 Å². The van der Waals surface area contributed by atoms with Crippen LogP contribution in [0.1, 0.15) is 22.2 Å². The van der Waals surface area contributed by atoms with Crippen LogP contribution in [0, 0.1) is 5.92 Å². The van der Waals surface area contributed by atoms with Crippen LogP contribution >= 0.6 is 11.3 Å². The molecular weight excluding hydrogens is 284 g/mol. The molecule has 1 aromatic carbocycles. The van der Waals surface area contributed by atoms with Crippen molar-refractivity contribution in [3.8, 4) is 0 Å². The van der Waals surface area contributed by atoms with Gasteiger partial charge >= 0.3 is 0 Å². The first-order valence-electron chi connectivity index (χ1n) is 6.66. The Morgan fingerprint density at radius 2 is 1.95 bits per heavy atom. The molecule has 2 aromatic rings. The summed E-state index contributed by atoms with van der Waals surface area (Å²) in [6.07, 6.45) is 0. The number of hydrazone groups is 1. The Balaban J connectivity index is 1.98. The van der Waals surface area contributed by atoms with E-state index in [1.807, 2.05) is 47.8 Å². The maximum absolute atomic E-state index is 12.7. The van der Waals surface area contributed by atoms with E-state index in [0.29, 0.717) is 17.1 Å². The minimum Gasteiger partial charge on any atom is -0.292 e. The van der Waals surface area contributed by atoms with Crippen molar-refractivity contribution in [1.82, 2.24) is 5.01 Å². The number of hydrogen-bond acceptors (Lipinski definition) is 4. The fraction of sp³-hybridized carbons (Fsp3) is 0.188. The SMILES string of the molecule is CC(=O)N1CC(C(=O)c2cccs2)C(c2ccccc2)=N1. The van der Waals surface area contributed by atoms with Crippen LogP contribution in [0.4, 0.5) is 0 Å². The predicted molar refractivity (Wildman–Crippen MR) is 82.5 cm³/mol. The van der Waals surface area contributed by atoms with Gasteiger partial charge in [0.15, 0.2) is 5.78 Å². The molecule has 0 N–H and O–H groups in total. The fourth-order valence-corrected chi connectivity index (χ4v) is 3.08. The van der Waals surface area contributed by atoms with Gasteiger partial charge in [-0.1, -0.05) is 36.4 Å². The summed E-state index contributed by atoms with van der Waals surface area (Å²) >= 11 is 1.42. The minimum absolute atomic E-state index is 0.0244. The number of ketones is 1. The Bertz CT molecular complexity index is 692. The highest BCUT2D eigenvalue weighted by molar-refractivity contribution is 7.12. The molecular formula is C16H14N2O2S. The predicted octanol–water partition coefficient (Wildman–Crippen LogP) is 2.81. The van der Waals surface area contributed by atoms with E-state index in [2.05, 4.69) is 5.10 Å². The molecule has 0 radical (unpaired) electrons. The third-order valence-corrected chi connectivity index (χ3v) is 4.31. The maximum Gasteiger partial charge on any atom is 0.239 e. The lowest BCUT2D eigenvalue weighted by Gasteiger charge is -2.11. The quantitative estimate of drug-likeness (QED) is 0.818.